The van der Waals surface area contributed by atoms with Crippen LogP contribution < -0.4 is 20.7 Å². The number of hydrogen-bond acceptors (Lipinski definition) is 6. The van der Waals surface area contributed by atoms with Gasteiger partial charge in [-0.3, -0.25) is 9.69 Å². The molecule has 242 valence electrons. The largest absolute Gasteiger partial charge is 0.494 e. The van der Waals surface area contributed by atoms with Gasteiger partial charge in [-0.15, -0.1) is 0 Å². The fraction of sp³-hybridized carbons (Fsp3) is 0.371. The first-order valence-electron chi connectivity index (χ1n) is 16.2. The number of fused-ring (bicyclic) bond motifs is 2. The number of nitrogens with two attached hydrogens (primary N) is 1. The van der Waals surface area contributed by atoms with Gasteiger partial charge >= 0.3 is 6.03 Å². The molecule has 2 saturated heterocycles. The van der Waals surface area contributed by atoms with Gasteiger partial charge in [0.2, 0.25) is 0 Å². The van der Waals surface area contributed by atoms with Crippen molar-refractivity contribution in [2.45, 2.75) is 38.0 Å². The van der Waals surface area contributed by atoms with Crippen molar-refractivity contribution in [3.05, 3.63) is 60.2 Å². The third-order valence-corrected chi connectivity index (χ3v) is 9.56. The number of hydrogen-bond donors (Lipinski definition) is 2. The lowest BCUT2D eigenvalue weighted by atomic mass is 10.0. The number of benzene rings is 2. The Morgan fingerprint density at radius 3 is 2.60 bits per heavy atom. The molecule has 11 nitrogen and oxygen atoms in total. The Bertz CT molecular complexity index is 2020. The van der Waals surface area contributed by atoms with Crippen LogP contribution in [0.3, 0.4) is 0 Å². The van der Waals surface area contributed by atoms with Gasteiger partial charge in [0.05, 0.1) is 30.6 Å². The Morgan fingerprint density at radius 1 is 1.09 bits per heavy atom. The number of nitrogens with zero attached hydrogens (tertiary/aromatic N) is 6. The van der Waals surface area contributed by atoms with Gasteiger partial charge in [0.1, 0.15) is 23.1 Å². The third-order valence-electron chi connectivity index (χ3n) is 9.56. The lowest BCUT2D eigenvalue weighted by molar-refractivity contribution is 0.0606. The van der Waals surface area contributed by atoms with Crippen molar-refractivity contribution in [1.82, 2.24) is 29.3 Å². The molecular weight excluding hydrogens is 599 g/mol. The van der Waals surface area contributed by atoms with Crippen molar-refractivity contribution in [2.75, 3.05) is 38.2 Å². The zero-order valence-corrected chi connectivity index (χ0v) is 26.4. The summed E-state index contributed by atoms with van der Waals surface area (Å²) in [5, 5.41) is 3.85. The highest BCUT2D eigenvalue weighted by atomic mass is 19.1. The number of ether oxygens (including phenoxy) is 1. The fourth-order valence-electron chi connectivity index (χ4n) is 6.99. The maximum absolute atomic E-state index is 14.3. The molecule has 1 saturated carbocycles. The van der Waals surface area contributed by atoms with E-state index in [-0.39, 0.29) is 24.9 Å². The standard InChI is InChI=1S/C35H37FN8O3/c1-41-31-28(13-23(15-30(31)47-2)34(45)42-18-24(36)16-25(37)19-42)40-33(41)29-14-22-7-10-27(39-32(22)44(29)17-20-3-4-20)21-5-8-26(9-6-21)43-12-11-38-35(43)46/h5-10,13-15,20,24-25H,3-4,11-12,16-19,37H2,1-2H3,(H,38,46)/t24-,25-/m1/s1. The zero-order valence-electron chi connectivity index (χ0n) is 26.4. The number of halogens is 1. The molecule has 2 aromatic carbocycles. The monoisotopic (exact) mass is 636 g/mol. The van der Waals surface area contributed by atoms with Crippen LogP contribution in [0.25, 0.3) is 44.8 Å². The minimum atomic E-state index is -1.14. The number of imidazole rings is 1. The minimum Gasteiger partial charge on any atom is -0.494 e. The number of rotatable bonds is 7. The second-order valence-electron chi connectivity index (χ2n) is 13.0. The Hall–Kier alpha value is -4.97. The molecule has 47 heavy (non-hydrogen) atoms. The van der Waals surface area contributed by atoms with E-state index in [2.05, 4.69) is 22.0 Å². The first kappa shape index (κ1) is 29.4. The van der Waals surface area contributed by atoms with Gasteiger partial charge in [0, 0.05) is 61.5 Å². The normalized spacial score (nSPS) is 20.0. The second-order valence-corrected chi connectivity index (χ2v) is 13.0. The van der Waals surface area contributed by atoms with E-state index in [1.807, 2.05) is 41.9 Å². The molecule has 0 spiro atoms. The van der Waals surface area contributed by atoms with Gasteiger partial charge in [-0.25, -0.2) is 19.2 Å². The highest BCUT2D eigenvalue weighted by Gasteiger charge is 2.31. The van der Waals surface area contributed by atoms with Crippen molar-refractivity contribution in [3.63, 3.8) is 0 Å². The number of alkyl halides is 1. The Labute approximate surface area is 271 Å². The van der Waals surface area contributed by atoms with Gasteiger partial charge in [0.25, 0.3) is 5.91 Å². The maximum atomic E-state index is 14.3. The fourth-order valence-corrected chi connectivity index (χ4v) is 6.99. The smallest absolute Gasteiger partial charge is 0.321 e. The molecule has 2 atom stereocenters. The predicted octanol–water partition coefficient (Wildman–Crippen LogP) is 4.72. The number of pyridine rings is 1. The molecule has 3 fully saturated rings. The second kappa shape index (κ2) is 11.4. The number of amides is 3. The minimum absolute atomic E-state index is 0.0242. The molecule has 3 aromatic heterocycles. The van der Waals surface area contributed by atoms with Crippen molar-refractivity contribution in [3.8, 4) is 28.5 Å². The summed E-state index contributed by atoms with van der Waals surface area (Å²) >= 11 is 0. The lowest BCUT2D eigenvalue weighted by Gasteiger charge is -2.33. The number of methoxy groups -OCH3 is 1. The van der Waals surface area contributed by atoms with Crippen LogP contribution in [0.15, 0.2) is 54.6 Å². The highest BCUT2D eigenvalue weighted by Crippen LogP contribution is 2.38. The summed E-state index contributed by atoms with van der Waals surface area (Å²) < 4.78 is 24.3. The summed E-state index contributed by atoms with van der Waals surface area (Å²) in [7, 11) is 3.53. The van der Waals surface area contributed by atoms with Crippen LogP contribution in [0.2, 0.25) is 0 Å². The molecule has 3 aliphatic rings. The van der Waals surface area contributed by atoms with Gasteiger partial charge in [-0.2, -0.15) is 0 Å². The van der Waals surface area contributed by atoms with Crippen LogP contribution in [-0.4, -0.2) is 81.4 Å². The van der Waals surface area contributed by atoms with Gasteiger partial charge < -0.3 is 29.8 Å². The molecule has 5 aromatic rings. The topological polar surface area (TPSA) is 124 Å². The lowest BCUT2D eigenvalue weighted by Crippen LogP contribution is -2.50. The Morgan fingerprint density at radius 2 is 1.89 bits per heavy atom. The average molecular weight is 637 g/mol. The summed E-state index contributed by atoms with van der Waals surface area (Å²) in [5.74, 6) is 1.54. The van der Waals surface area contributed by atoms with Crippen LogP contribution >= 0.6 is 0 Å². The predicted molar refractivity (Wildman–Crippen MR) is 178 cm³/mol. The van der Waals surface area contributed by atoms with Crippen molar-refractivity contribution in [1.29, 1.82) is 0 Å². The molecule has 5 heterocycles. The number of likely N-dealkylation sites (tertiary alicyclic amines) is 1. The number of aromatic nitrogens is 4. The highest BCUT2D eigenvalue weighted by molar-refractivity contribution is 6.00. The third kappa shape index (κ3) is 5.26. The van der Waals surface area contributed by atoms with E-state index < -0.39 is 12.2 Å². The van der Waals surface area contributed by atoms with Crippen molar-refractivity contribution < 1.29 is 18.7 Å². The van der Waals surface area contributed by atoms with Gasteiger partial charge in [0.15, 0.2) is 5.82 Å². The summed E-state index contributed by atoms with van der Waals surface area (Å²) in [4.78, 5) is 39.0. The van der Waals surface area contributed by atoms with Crippen LogP contribution in [0.1, 0.15) is 29.6 Å². The molecule has 0 bridgehead atoms. The molecule has 0 radical (unpaired) electrons. The number of carbonyl (C=O) groups is 2. The number of nitrogens with one attached hydrogen (secondary N) is 1. The Kier molecular flexibility index (Phi) is 7.12. The number of urea groups is 1. The molecule has 3 N–H and O–H groups in total. The summed E-state index contributed by atoms with van der Waals surface area (Å²) in [6.45, 7) is 2.45. The number of piperidine rings is 1. The van der Waals surface area contributed by atoms with Gasteiger partial charge in [-0.1, -0.05) is 12.1 Å². The van der Waals surface area contributed by atoms with E-state index in [0.29, 0.717) is 42.4 Å². The SMILES string of the molecule is COc1cc(C(=O)N2C[C@H](N)C[C@@H](F)C2)cc2nc(-c3cc4ccc(-c5ccc(N6CCNC6=O)cc5)nc4n3CC3CC3)n(C)c12. The summed E-state index contributed by atoms with van der Waals surface area (Å²) in [6, 6.07) is 17.2. The van der Waals surface area contributed by atoms with E-state index in [1.165, 1.54) is 17.7 Å². The molecular formula is C35H37FN8O3. The van der Waals surface area contributed by atoms with Crippen LogP contribution in [-0.2, 0) is 13.6 Å². The van der Waals surface area contributed by atoms with E-state index in [9.17, 15) is 14.0 Å². The maximum Gasteiger partial charge on any atom is 0.321 e. The molecule has 8 rings (SSSR count). The number of anilines is 1. The molecule has 1 aliphatic carbocycles. The van der Waals surface area contributed by atoms with E-state index in [0.717, 1.165) is 51.6 Å². The molecule has 2 aliphatic heterocycles. The number of carbonyl (C=O) groups excluding carboxylic acids is 2. The van der Waals surface area contributed by atoms with E-state index in [4.69, 9.17) is 20.4 Å². The van der Waals surface area contributed by atoms with Gasteiger partial charge in [-0.05, 0) is 67.6 Å². The zero-order chi connectivity index (χ0) is 32.4. The van der Waals surface area contributed by atoms with Crippen molar-refractivity contribution in [2.24, 2.45) is 18.7 Å². The summed E-state index contributed by atoms with van der Waals surface area (Å²) in [6.07, 6.45) is 1.46. The summed E-state index contributed by atoms with van der Waals surface area (Å²) in [5.41, 5.74) is 12.3. The van der Waals surface area contributed by atoms with Crippen LogP contribution in [0, 0.1) is 5.92 Å². The van der Waals surface area contributed by atoms with E-state index >= 15 is 0 Å². The van der Waals surface area contributed by atoms with Crippen LogP contribution in [0.5, 0.6) is 5.75 Å². The average Bonchev–Trinajstić information content (AvgIpc) is 3.54. The van der Waals surface area contributed by atoms with Crippen molar-refractivity contribution >= 4 is 39.7 Å². The first-order chi connectivity index (χ1) is 22.8. The molecule has 0 unspecified atom stereocenters. The molecule has 3 amide bonds. The Balaban J connectivity index is 1.18. The van der Waals surface area contributed by atoms with E-state index in [1.54, 1.807) is 24.1 Å². The quantitative estimate of drug-likeness (QED) is 0.267. The molecule has 12 heteroatoms. The number of aryl methyl sites for hydroxylation is 1. The first-order valence-corrected chi connectivity index (χ1v) is 16.2. The van der Waals surface area contributed by atoms with Crippen LogP contribution in [0.4, 0.5) is 14.9 Å².